The van der Waals surface area contributed by atoms with Gasteiger partial charge in [-0.05, 0) is 67.0 Å². The van der Waals surface area contributed by atoms with Gasteiger partial charge in [-0.2, -0.15) is 0 Å². The van der Waals surface area contributed by atoms with E-state index in [1.165, 1.54) is 11.1 Å². The molecule has 0 aliphatic carbocycles. The maximum atomic E-state index is 12.7. The predicted octanol–water partition coefficient (Wildman–Crippen LogP) is 4.26. The average Bonchev–Trinajstić information content (AvgIpc) is 3.23. The van der Waals surface area contributed by atoms with E-state index in [-0.39, 0.29) is 18.2 Å². The Bertz CT molecular complexity index is 1150. The fourth-order valence-electron chi connectivity index (χ4n) is 4.39. The number of benzene rings is 2. The van der Waals surface area contributed by atoms with Crippen LogP contribution in [0.15, 0.2) is 51.7 Å². The molecule has 0 fully saturated rings. The van der Waals surface area contributed by atoms with Crippen LogP contribution in [-0.2, 0) is 25.9 Å². The van der Waals surface area contributed by atoms with Crippen molar-refractivity contribution in [2.75, 3.05) is 13.2 Å². The number of urea groups is 1. The summed E-state index contributed by atoms with van der Waals surface area (Å²) in [4.78, 5) is 30.0. The van der Waals surface area contributed by atoms with E-state index in [4.69, 9.17) is 0 Å². The van der Waals surface area contributed by atoms with E-state index in [0.29, 0.717) is 38.9 Å². The van der Waals surface area contributed by atoms with Gasteiger partial charge in [0.2, 0.25) is 0 Å². The Hall–Kier alpha value is -2.64. The van der Waals surface area contributed by atoms with E-state index in [2.05, 4.69) is 38.4 Å². The average molecular weight is 498 g/mol. The van der Waals surface area contributed by atoms with Crippen molar-refractivity contribution in [3.63, 3.8) is 0 Å². The summed E-state index contributed by atoms with van der Waals surface area (Å²) in [6.07, 6.45) is 3.52. The Morgan fingerprint density at radius 1 is 1.03 bits per heavy atom. The molecular formula is C25H28BrN3O3. The van der Waals surface area contributed by atoms with Gasteiger partial charge in [-0.15, -0.1) is 0 Å². The van der Waals surface area contributed by atoms with Gasteiger partial charge in [0, 0.05) is 47.2 Å². The molecule has 6 nitrogen and oxygen atoms in total. The van der Waals surface area contributed by atoms with Crippen molar-refractivity contribution in [3.8, 4) is 0 Å². The molecule has 1 aliphatic heterocycles. The Kier molecular flexibility index (Phi) is 7.27. The molecule has 0 saturated carbocycles. The van der Waals surface area contributed by atoms with Gasteiger partial charge in [-0.25, -0.2) is 4.79 Å². The molecule has 0 atom stereocenters. The standard InChI is InChI=1S/C25H28BrN3O3/c26-19-10-11-23-22(14-19)20(9-5-13-30)21(24(31)28-23)8-3-4-12-27-25(32)29-15-17-6-1-2-7-18(17)16-29/h1-2,6-7,10-11,14,30H,3-5,8-9,12-13,15-16H2,(H,27,32)(H,28,31). The molecule has 0 bridgehead atoms. The number of unbranched alkanes of at least 4 members (excludes halogenated alkanes) is 1. The molecular weight excluding hydrogens is 470 g/mol. The molecule has 3 aromatic rings. The number of nitrogens with one attached hydrogen (secondary N) is 2. The van der Waals surface area contributed by atoms with Gasteiger partial charge in [0.1, 0.15) is 0 Å². The minimum Gasteiger partial charge on any atom is -0.396 e. The highest BCUT2D eigenvalue weighted by Crippen LogP contribution is 2.25. The normalized spacial score (nSPS) is 12.9. The molecule has 32 heavy (non-hydrogen) atoms. The number of pyridine rings is 1. The number of aliphatic hydroxyl groups excluding tert-OH is 1. The zero-order valence-electron chi connectivity index (χ0n) is 18.0. The van der Waals surface area contributed by atoms with Crippen molar-refractivity contribution in [1.82, 2.24) is 15.2 Å². The number of halogens is 1. The largest absolute Gasteiger partial charge is 0.396 e. The van der Waals surface area contributed by atoms with Crippen molar-refractivity contribution < 1.29 is 9.90 Å². The molecule has 168 valence electrons. The highest BCUT2D eigenvalue weighted by atomic mass is 79.9. The number of H-pyrrole nitrogens is 1. The van der Waals surface area contributed by atoms with Crippen molar-refractivity contribution in [1.29, 1.82) is 0 Å². The van der Waals surface area contributed by atoms with Crippen LogP contribution in [0.1, 0.15) is 41.5 Å². The van der Waals surface area contributed by atoms with Crippen molar-refractivity contribution in [2.24, 2.45) is 0 Å². The van der Waals surface area contributed by atoms with Crippen LogP contribution in [0.3, 0.4) is 0 Å². The highest BCUT2D eigenvalue weighted by Gasteiger charge is 2.22. The predicted molar refractivity (Wildman–Crippen MR) is 130 cm³/mol. The summed E-state index contributed by atoms with van der Waals surface area (Å²) < 4.78 is 0.958. The van der Waals surface area contributed by atoms with Gasteiger partial charge in [0.25, 0.3) is 5.56 Å². The third kappa shape index (κ3) is 5.05. The minimum atomic E-state index is -0.0633. The second-order valence-corrected chi connectivity index (χ2v) is 9.16. The third-order valence-corrected chi connectivity index (χ3v) is 6.53. The zero-order valence-corrected chi connectivity index (χ0v) is 19.6. The molecule has 1 aliphatic rings. The van der Waals surface area contributed by atoms with Crippen LogP contribution in [-0.4, -0.2) is 34.2 Å². The Labute approximate surface area is 195 Å². The lowest BCUT2D eigenvalue weighted by Crippen LogP contribution is -2.36. The van der Waals surface area contributed by atoms with E-state index < -0.39 is 0 Å². The lowest BCUT2D eigenvalue weighted by Gasteiger charge is -2.16. The van der Waals surface area contributed by atoms with Crippen LogP contribution in [0.25, 0.3) is 10.9 Å². The number of fused-ring (bicyclic) bond motifs is 2. The molecule has 0 radical (unpaired) electrons. The van der Waals surface area contributed by atoms with Gasteiger partial charge in [-0.3, -0.25) is 4.79 Å². The van der Waals surface area contributed by atoms with E-state index in [9.17, 15) is 14.7 Å². The third-order valence-electron chi connectivity index (χ3n) is 6.04. The molecule has 0 saturated heterocycles. The summed E-state index contributed by atoms with van der Waals surface area (Å²) in [6, 6.07) is 13.9. The number of carbonyl (C=O) groups excluding carboxylic acids is 1. The van der Waals surface area contributed by atoms with Gasteiger partial charge < -0.3 is 20.3 Å². The van der Waals surface area contributed by atoms with Crippen molar-refractivity contribution in [2.45, 2.75) is 45.2 Å². The molecule has 2 amide bonds. The fourth-order valence-corrected chi connectivity index (χ4v) is 4.75. The summed E-state index contributed by atoms with van der Waals surface area (Å²) >= 11 is 3.52. The number of nitrogens with zero attached hydrogens (tertiary/aromatic N) is 1. The summed E-state index contributed by atoms with van der Waals surface area (Å²) in [5, 5.41) is 13.3. The molecule has 1 aromatic heterocycles. The maximum Gasteiger partial charge on any atom is 0.318 e. The maximum absolute atomic E-state index is 12.7. The molecule has 3 N–H and O–H groups in total. The number of rotatable bonds is 8. The Morgan fingerprint density at radius 3 is 2.47 bits per heavy atom. The first kappa shape index (κ1) is 22.6. The number of carbonyl (C=O) groups is 1. The lowest BCUT2D eigenvalue weighted by atomic mass is 9.96. The van der Waals surface area contributed by atoms with Gasteiger partial charge in [0.05, 0.1) is 0 Å². The van der Waals surface area contributed by atoms with Crippen molar-refractivity contribution in [3.05, 3.63) is 79.5 Å². The quantitative estimate of drug-likeness (QED) is 0.406. The summed E-state index contributed by atoms with van der Waals surface area (Å²) in [7, 11) is 0. The fraction of sp³-hybridized carbons (Fsp3) is 0.360. The minimum absolute atomic E-state index is 0.0433. The topological polar surface area (TPSA) is 85.4 Å². The molecule has 7 heteroatoms. The number of aromatic nitrogens is 1. The first-order valence-corrected chi connectivity index (χ1v) is 11.9. The van der Waals surface area contributed by atoms with E-state index >= 15 is 0 Å². The summed E-state index contributed by atoms with van der Waals surface area (Å²) in [5.41, 5.74) is 4.96. The van der Waals surface area contributed by atoms with Crippen LogP contribution in [0, 0.1) is 0 Å². The van der Waals surface area contributed by atoms with Crippen LogP contribution < -0.4 is 10.9 Å². The molecule has 2 heterocycles. The number of hydrogen-bond acceptors (Lipinski definition) is 3. The molecule has 4 rings (SSSR count). The van der Waals surface area contributed by atoms with E-state index in [0.717, 1.165) is 39.3 Å². The number of aliphatic hydroxyl groups is 1. The van der Waals surface area contributed by atoms with Gasteiger partial charge >= 0.3 is 6.03 Å². The first-order chi connectivity index (χ1) is 15.6. The van der Waals surface area contributed by atoms with Crippen LogP contribution in [0.2, 0.25) is 0 Å². The number of aryl methyl sites for hydroxylation is 1. The number of aromatic amines is 1. The second-order valence-electron chi connectivity index (χ2n) is 8.24. The number of hydrogen-bond donors (Lipinski definition) is 3. The Balaban J connectivity index is 1.34. The molecule has 2 aromatic carbocycles. The van der Waals surface area contributed by atoms with Gasteiger partial charge in [0.15, 0.2) is 0 Å². The monoisotopic (exact) mass is 497 g/mol. The smallest absolute Gasteiger partial charge is 0.318 e. The lowest BCUT2D eigenvalue weighted by molar-refractivity contribution is 0.198. The van der Waals surface area contributed by atoms with Crippen molar-refractivity contribution >= 4 is 32.9 Å². The van der Waals surface area contributed by atoms with E-state index in [1.54, 1.807) is 0 Å². The zero-order chi connectivity index (χ0) is 22.5. The van der Waals surface area contributed by atoms with Gasteiger partial charge in [-0.1, -0.05) is 40.2 Å². The highest BCUT2D eigenvalue weighted by molar-refractivity contribution is 9.10. The Morgan fingerprint density at radius 2 is 1.75 bits per heavy atom. The van der Waals surface area contributed by atoms with E-state index in [1.807, 2.05) is 35.2 Å². The molecule has 0 unspecified atom stereocenters. The summed E-state index contributed by atoms with van der Waals surface area (Å²) in [6.45, 7) is 1.97. The van der Waals surface area contributed by atoms with Crippen LogP contribution in [0.5, 0.6) is 0 Å². The number of amides is 2. The first-order valence-electron chi connectivity index (χ1n) is 11.1. The second kappa shape index (κ2) is 10.3. The molecule has 0 spiro atoms. The van der Waals surface area contributed by atoms with Crippen LogP contribution in [0.4, 0.5) is 4.79 Å². The summed E-state index contributed by atoms with van der Waals surface area (Å²) in [5.74, 6) is 0. The van der Waals surface area contributed by atoms with Crippen LogP contribution >= 0.6 is 15.9 Å². The SMILES string of the molecule is O=C(NCCCCc1c(CCCO)c2cc(Br)ccc2[nH]c1=O)N1Cc2ccccc2C1.